The molecule has 26 heavy (non-hydrogen) atoms. The Kier molecular flexibility index (Phi) is 4.16. The van der Waals surface area contributed by atoms with Crippen molar-refractivity contribution in [2.24, 2.45) is 0 Å². The summed E-state index contributed by atoms with van der Waals surface area (Å²) in [5, 5.41) is 0. The second-order valence-electron chi connectivity index (χ2n) is 6.55. The van der Waals surface area contributed by atoms with Gasteiger partial charge < -0.3 is 9.88 Å². The largest absolute Gasteiger partial charge is 0.365 e. The van der Waals surface area contributed by atoms with Gasteiger partial charge in [0.2, 0.25) is 10.0 Å². The molecule has 1 aromatic heterocycles. The molecule has 0 atom stereocenters. The molecule has 0 radical (unpaired) electrons. The van der Waals surface area contributed by atoms with E-state index >= 15 is 0 Å². The standard InChI is InChI=1S/C19H20N4O2S/c1-26(24,25)22-17-4-2-3-15(9-17)16-6-5-14-7-8-23(19(14)10-16)12-18-11-20-13-21-18/h2-6,9-11,13,22H,7-8,12H2,1H3,(H,20,21). The monoisotopic (exact) mass is 368 g/mol. The number of aromatic nitrogens is 2. The van der Waals surface area contributed by atoms with Gasteiger partial charge in [-0.1, -0.05) is 24.3 Å². The fraction of sp³-hybridized carbons (Fsp3) is 0.211. The van der Waals surface area contributed by atoms with Gasteiger partial charge in [-0.25, -0.2) is 13.4 Å². The molecule has 0 fully saturated rings. The van der Waals surface area contributed by atoms with Crippen LogP contribution >= 0.6 is 0 Å². The van der Waals surface area contributed by atoms with Crippen LogP contribution in [-0.4, -0.2) is 31.2 Å². The number of rotatable bonds is 5. The average molecular weight is 368 g/mol. The smallest absolute Gasteiger partial charge is 0.229 e. The number of hydrogen-bond acceptors (Lipinski definition) is 4. The second-order valence-corrected chi connectivity index (χ2v) is 8.30. The van der Waals surface area contributed by atoms with Gasteiger partial charge >= 0.3 is 0 Å². The highest BCUT2D eigenvalue weighted by molar-refractivity contribution is 7.92. The second kappa shape index (κ2) is 6.49. The third-order valence-electron chi connectivity index (χ3n) is 4.49. The third-order valence-corrected chi connectivity index (χ3v) is 5.10. The maximum atomic E-state index is 11.5. The van der Waals surface area contributed by atoms with Gasteiger partial charge in [0, 0.05) is 24.1 Å². The molecule has 6 nitrogen and oxygen atoms in total. The Morgan fingerprint density at radius 3 is 2.81 bits per heavy atom. The first-order chi connectivity index (χ1) is 12.5. The van der Waals surface area contributed by atoms with Gasteiger partial charge in [0.25, 0.3) is 0 Å². The van der Waals surface area contributed by atoms with Crippen molar-refractivity contribution in [3.63, 3.8) is 0 Å². The lowest BCUT2D eigenvalue weighted by Gasteiger charge is -2.19. The van der Waals surface area contributed by atoms with E-state index in [4.69, 9.17) is 0 Å². The molecule has 0 saturated heterocycles. The number of benzene rings is 2. The Balaban J connectivity index is 1.64. The van der Waals surface area contributed by atoms with Crippen molar-refractivity contribution < 1.29 is 8.42 Å². The summed E-state index contributed by atoms with van der Waals surface area (Å²) in [4.78, 5) is 9.58. The third kappa shape index (κ3) is 3.57. The minimum atomic E-state index is -3.29. The Morgan fingerprint density at radius 2 is 2.04 bits per heavy atom. The number of sulfonamides is 1. The average Bonchev–Trinajstić information content (AvgIpc) is 3.24. The van der Waals surface area contributed by atoms with Gasteiger partial charge in [0.15, 0.2) is 0 Å². The molecule has 1 aliphatic heterocycles. The summed E-state index contributed by atoms with van der Waals surface area (Å²) in [6.07, 6.45) is 5.73. The summed E-state index contributed by atoms with van der Waals surface area (Å²) in [5.74, 6) is 0. The van der Waals surface area contributed by atoms with Crippen molar-refractivity contribution in [1.82, 2.24) is 9.97 Å². The highest BCUT2D eigenvalue weighted by Crippen LogP contribution is 2.34. The molecule has 0 unspecified atom stereocenters. The molecule has 0 spiro atoms. The van der Waals surface area contributed by atoms with Crippen LogP contribution in [0.25, 0.3) is 11.1 Å². The van der Waals surface area contributed by atoms with Crippen molar-refractivity contribution >= 4 is 21.4 Å². The molecule has 1 aliphatic rings. The molecule has 7 heteroatoms. The molecule has 0 amide bonds. The van der Waals surface area contributed by atoms with E-state index in [0.717, 1.165) is 42.6 Å². The number of aromatic amines is 1. The molecular formula is C19H20N4O2S. The number of H-pyrrole nitrogens is 1. The van der Waals surface area contributed by atoms with E-state index in [1.807, 2.05) is 24.4 Å². The molecule has 2 heterocycles. The van der Waals surface area contributed by atoms with Crippen molar-refractivity contribution in [2.45, 2.75) is 13.0 Å². The zero-order valence-electron chi connectivity index (χ0n) is 14.4. The first-order valence-electron chi connectivity index (χ1n) is 8.41. The zero-order valence-corrected chi connectivity index (χ0v) is 15.3. The van der Waals surface area contributed by atoms with E-state index in [0.29, 0.717) is 5.69 Å². The minimum absolute atomic E-state index is 0.569. The van der Waals surface area contributed by atoms with Crippen LogP contribution in [0.4, 0.5) is 11.4 Å². The van der Waals surface area contributed by atoms with Gasteiger partial charge in [-0.05, 0) is 41.3 Å². The first-order valence-corrected chi connectivity index (χ1v) is 10.3. The van der Waals surface area contributed by atoms with Crippen LogP contribution < -0.4 is 9.62 Å². The van der Waals surface area contributed by atoms with Gasteiger partial charge in [-0.2, -0.15) is 0 Å². The van der Waals surface area contributed by atoms with Crippen LogP contribution in [0.3, 0.4) is 0 Å². The van der Waals surface area contributed by atoms with Gasteiger partial charge in [-0.15, -0.1) is 0 Å². The highest BCUT2D eigenvalue weighted by atomic mass is 32.2. The predicted octanol–water partition coefficient (Wildman–Crippen LogP) is 3.01. The Hall–Kier alpha value is -2.80. The minimum Gasteiger partial charge on any atom is -0.365 e. The quantitative estimate of drug-likeness (QED) is 0.726. The van der Waals surface area contributed by atoms with Crippen LogP contribution in [0.1, 0.15) is 11.3 Å². The lowest BCUT2D eigenvalue weighted by atomic mass is 10.0. The fourth-order valence-electron chi connectivity index (χ4n) is 3.34. The summed E-state index contributed by atoms with van der Waals surface area (Å²) < 4.78 is 25.5. The Morgan fingerprint density at radius 1 is 1.19 bits per heavy atom. The maximum Gasteiger partial charge on any atom is 0.229 e. The van der Waals surface area contributed by atoms with E-state index in [9.17, 15) is 8.42 Å². The number of nitrogens with zero attached hydrogens (tertiary/aromatic N) is 2. The fourth-order valence-corrected chi connectivity index (χ4v) is 3.90. The molecule has 0 aliphatic carbocycles. The van der Waals surface area contributed by atoms with Crippen LogP contribution in [0.2, 0.25) is 0 Å². The lowest BCUT2D eigenvalue weighted by Crippen LogP contribution is -2.19. The van der Waals surface area contributed by atoms with Crippen LogP contribution in [0.5, 0.6) is 0 Å². The molecule has 4 rings (SSSR count). The summed E-state index contributed by atoms with van der Waals surface area (Å²) in [5.41, 5.74) is 6.26. The van der Waals surface area contributed by atoms with E-state index in [1.165, 1.54) is 11.3 Å². The molecule has 2 N–H and O–H groups in total. The summed E-state index contributed by atoms with van der Waals surface area (Å²) >= 11 is 0. The van der Waals surface area contributed by atoms with Crippen LogP contribution in [0.15, 0.2) is 55.0 Å². The Bertz CT molecular complexity index is 1030. The molecule has 2 aromatic carbocycles. The van der Waals surface area contributed by atoms with Gasteiger partial charge in [0.05, 0.1) is 24.8 Å². The van der Waals surface area contributed by atoms with E-state index < -0.39 is 10.0 Å². The van der Waals surface area contributed by atoms with Gasteiger partial charge in [-0.3, -0.25) is 4.72 Å². The van der Waals surface area contributed by atoms with Crippen molar-refractivity contribution in [1.29, 1.82) is 0 Å². The number of anilines is 2. The summed E-state index contributed by atoms with van der Waals surface area (Å²) in [7, 11) is -3.29. The van der Waals surface area contributed by atoms with E-state index in [-0.39, 0.29) is 0 Å². The van der Waals surface area contributed by atoms with Crippen LogP contribution in [-0.2, 0) is 23.0 Å². The first kappa shape index (κ1) is 16.7. The molecular weight excluding hydrogens is 348 g/mol. The van der Waals surface area contributed by atoms with Crippen molar-refractivity contribution in [3.05, 3.63) is 66.2 Å². The van der Waals surface area contributed by atoms with E-state index in [1.54, 1.807) is 12.4 Å². The molecule has 3 aromatic rings. The number of nitrogens with one attached hydrogen (secondary N) is 2. The SMILES string of the molecule is CS(=O)(=O)Nc1cccc(-c2ccc3c(c2)N(Cc2cnc[nH]2)CC3)c1. The molecule has 134 valence electrons. The van der Waals surface area contributed by atoms with Gasteiger partial charge in [0.1, 0.15) is 0 Å². The number of hydrogen-bond donors (Lipinski definition) is 2. The lowest BCUT2D eigenvalue weighted by molar-refractivity contribution is 0.607. The maximum absolute atomic E-state index is 11.5. The van der Waals surface area contributed by atoms with Crippen molar-refractivity contribution in [2.75, 3.05) is 22.4 Å². The zero-order chi connectivity index (χ0) is 18.1. The normalized spacial score (nSPS) is 13.7. The van der Waals surface area contributed by atoms with E-state index in [2.05, 4.69) is 37.8 Å². The molecule has 0 bridgehead atoms. The predicted molar refractivity (Wildman–Crippen MR) is 104 cm³/mol. The van der Waals surface area contributed by atoms with Crippen molar-refractivity contribution in [3.8, 4) is 11.1 Å². The summed E-state index contributed by atoms with van der Waals surface area (Å²) in [6, 6.07) is 13.9. The number of fused-ring (bicyclic) bond motifs is 1. The molecule has 0 saturated carbocycles. The highest BCUT2D eigenvalue weighted by Gasteiger charge is 2.20. The Labute approximate surface area is 152 Å². The summed E-state index contributed by atoms with van der Waals surface area (Å²) in [6.45, 7) is 1.78. The number of imidazole rings is 1. The topological polar surface area (TPSA) is 78.1 Å². The van der Waals surface area contributed by atoms with Crippen LogP contribution in [0, 0.1) is 0 Å².